The van der Waals surface area contributed by atoms with Gasteiger partial charge in [-0.05, 0) is 30.9 Å². The maximum atomic E-state index is 13.0. The minimum Gasteiger partial charge on any atom is -0.286 e. The van der Waals surface area contributed by atoms with Crippen LogP contribution in [-0.4, -0.2) is 17.2 Å². The van der Waals surface area contributed by atoms with Crippen LogP contribution in [0.1, 0.15) is 55.9 Å². The average Bonchev–Trinajstić information content (AvgIpc) is 2.72. The molecule has 29 heavy (non-hydrogen) atoms. The molecular weight excluding hydrogens is 356 g/mol. The number of carbonyl (C=O) groups is 1. The summed E-state index contributed by atoms with van der Waals surface area (Å²) in [4.78, 5) is 22.3. The molecule has 0 atom stereocenters. The first-order valence-corrected chi connectivity index (χ1v) is 9.62. The van der Waals surface area contributed by atoms with E-state index in [0.29, 0.717) is 17.1 Å². The van der Waals surface area contributed by atoms with E-state index in [0.717, 1.165) is 27.9 Å². The molecule has 0 aliphatic heterocycles. The monoisotopic (exact) mass is 384 g/mol. The minimum absolute atomic E-state index is 0.201. The number of nitrogens with zero attached hydrogens (tertiary/aromatic N) is 2. The van der Waals surface area contributed by atoms with Gasteiger partial charge in [0.05, 0.1) is 22.8 Å². The second kappa shape index (κ2) is 9.74. The zero-order chi connectivity index (χ0) is 21.6. The predicted molar refractivity (Wildman–Crippen MR) is 128 cm³/mol. The number of Topliss-reactive ketones (excluding diaryl/α,β-unsaturated/α-hetero) is 1. The fraction of sp³-hybridized carbons (Fsp3) is 0.192. The fourth-order valence-electron chi connectivity index (χ4n) is 3.08. The van der Waals surface area contributed by atoms with Crippen LogP contribution in [0, 0.1) is 0 Å². The molecule has 148 valence electrons. The van der Waals surface area contributed by atoms with Crippen molar-refractivity contribution in [3.63, 3.8) is 0 Å². The highest BCUT2D eigenvalue weighted by Crippen LogP contribution is 2.32. The van der Waals surface area contributed by atoms with Crippen molar-refractivity contribution in [1.82, 2.24) is 0 Å². The smallest absolute Gasteiger partial charge is 0.220 e. The lowest BCUT2D eigenvalue weighted by Crippen LogP contribution is -2.19. The Hall–Kier alpha value is -3.33. The SMILES string of the molecule is C=Cc1cccc(C=C)c1/N=C(\C)C(=O)/C(C)=N/c1c(C=C)cccc1C(C)C. The maximum Gasteiger partial charge on any atom is 0.220 e. The van der Waals surface area contributed by atoms with Gasteiger partial charge in [-0.15, -0.1) is 0 Å². The standard InChI is InChI=1S/C26H28N2O/c1-8-20-13-11-14-21(9-2)24(20)27-18(6)26(29)19(7)28-25-22(10-3)15-12-16-23(25)17(4)5/h8-17H,1-3H2,4-7H3/b27-18+,28-19+. The first-order valence-electron chi connectivity index (χ1n) is 9.62. The molecule has 0 saturated carbocycles. The van der Waals surface area contributed by atoms with Crippen LogP contribution >= 0.6 is 0 Å². The van der Waals surface area contributed by atoms with Gasteiger partial charge in [0.25, 0.3) is 0 Å². The number of aliphatic imine (C=N–C) groups is 2. The van der Waals surface area contributed by atoms with Crippen LogP contribution in [0.3, 0.4) is 0 Å². The van der Waals surface area contributed by atoms with E-state index in [1.165, 1.54) is 0 Å². The predicted octanol–water partition coefficient (Wildman–Crippen LogP) is 7.19. The molecule has 2 rings (SSSR count). The molecule has 0 N–H and O–H groups in total. The van der Waals surface area contributed by atoms with Crippen LogP contribution in [0.2, 0.25) is 0 Å². The third-order valence-corrected chi connectivity index (χ3v) is 4.69. The van der Waals surface area contributed by atoms with E-state index in [4.69, 9.17) is 0 Å². The molecule has 0 heterocycles. The zero-order valence-corrected chi connectivity index (χ0v) is 17.7. The van der Waals surface area contributed by atoms with Gasteiger partial charge in [0.15, 0.2) is 0 Å². The Morgan fingerprint density at radius 2 is 1.21 bits per heavy atom. The number of hydrogen-bond donors (Lipinski definition) is 0. The molecule has 2 aromatic carbocycles. The summed E-state index contributed by atoms with van der Waals surface area (Å²) in [5.41, 5.74) is 5.91. The quantitative estimate of drug-likeness (QED) is 0.444. The lowest BCUT2D eigenvalue weighted by Gasteiger charge is -2.13. The van der Waals surface area contributed by atoms with Gasteiger partial charge in [-0.1, -0.05) is 88.2 Å². The van der Waals surface area contributed by atoms with Gasteiger partial charge in [0, 0.05) is 11.1 Å². The van der Waals surface area contributed by atoms with E-state index in [9.17, 15) is 4.79 Å². The number of rotatable bonds is 8. The number of para-hydroxylation sites is 2. The zero-order valence-electron chi connectivity index (χ0n) is 17.7. The van der Waals surface area contributed by atoms with Gasteiger partial charge < -0.3 is 0 Å². The topological polar surface area (TPSA) is 41.8 Å². The van der Waals surface area contributed by atoms with E-state index in [2.05, 4.69) is 43.6 Å². The highest BCUT2D eigenvalue weighted by Gasteiger charge is 2.15. The molecule has 0 bridgehead atoms. The molecule has 0 aliphatic rings. The van der Waals surface area contributed by atoms with Crippen molar-refractivity contribution in [3.8, 4) is 0 Å². The van der Waals surface area contributed by atoms with Gasteiger partial charge in [-0.2, -0.15) is 0 Å². The molecule has 0 aromatic heterocycles. The van der Waals surface area contributed by atoms with Crippen molar-refractivity contribution in [2.45, 2.75) is 33.6 Å². The second-order valence-corrected chi connectivity index (χ2v) is 7.06. The summed E-state index contributed by atoms with van der Waals surface area (Å²) in [5.74, 6) is 0.0772. The molecule has 0 spiro atoms. The van der Waals surface area contributed by atoms with Crippen molar-refractivity contribution in [2.75, 3.05) is 0 Å². The molecule has 3 nitrogen and oxygen atoms in total. The summed E-state index contributed by atoms with van der Waals surface area (Å²) < 4.78 is 0. The average molecular weight is 385 g/mol. The highest BCUT2D eigenvalue weighted by atomic mass is 16.1. The van der Waals surface area contributed by atoms with Crippen molar-refractivity contribution in [2.24, 2.45) is 9.98 Å². The van der Waals surface area contributed by atoms with E-state index in [1.807, 2.05) is 36.4 Å². The Balaban J connectivity index is 2.51. The Morgan fingerprint density at radius 1 is 0.793 bits per heavy atom. The van der Waals surface area contributed by atoms with E-state index in [-0.39, 0.29) is 11.7 Å². The van der Waals surface area contributed by atoms with Gasteiger partial charge in [-0.25, -0.2) is 9.98 Å². The van der Waals surface area contributed by atoms with E-state index in [1.54, 1.807) is 32.1 Å². The second-order valence-electron chi connectivity index (χ2n) is 7.06. The van der Waals surface area contributed by atoms with E-state index < -0.39 is 0 Å². The Kier molecular flexibility index (Phi) is 7.38. The summed E-state index contributed by atoms with van der Waals surface area (Å²) in [6.07, 6.45) is 5.21. The third kappa shape index (κ3) is 4.94. The third-order valence-electron chi connectivity index (χ3n) is 4.69. The normalized spacial score (nSPS) is 12.0. The maximum absolute atomic E-state index is 13.0. The molecule has 0 radical (unpaired) electrons. The number of ketones is 1. The Morgan fingerprint density at radius 3 is 1.66 bits per heavy atom. The van der Waals surface area contributed by atoms with Gasteiger partial charge in [0.2, 0.25) is 5.78 Å². The van der Waals surface area contributed by atoms with Crippen molar-refractivity contribution >= 4 is 46.8 Å². The Labute approximate surface area is 173 Å². The molecule has 2 aromatic rings. The molecule has 0 fully saturated rings. The first kappa shape index (κ1) is 22.0. The Bertz CT molecular complexity index is 997. The van der Waals surface area contributed by atoms with Gasteiger partial charge >= 0.3 is 0 Å². The molecule has 0 aliphatic carbocycles. The fourth-order valence-corrected chi connectivity index (χ4v) is 3.08. The lowest BCUT2D eigenvalue weighted by molar-refractivity contribution is -0.107. The van der Waals surface area contributed by atoms with Crippen LogP contribution in [0.4, 0.5) is 11.4 Å². The minimum atomic E-state index is -0.201. The van der Waals surface area contributed by atoms with Crippen molar-refractivity contribution in [3.05, 3.63) is 78.4 Å². The molecule has 0 unspecified atom stereocenters. The summed E-state index contributed by atoms with van der Waals surface area (Å²) in [7, 11) is 0. The summed E-state index contributed by atoms with van der Waals surface area (Å²) in [6.45, 7) is 19.2. The summed E-state index contributed by atoms with van der Waals surface area (Å²) >= 11 is 0. The molecular formula is C26H28N2O. The number of carbonyl (C=O) groups excluding carboxylic acids is 1. The molecule has 0 saturated heterocycles. The molecule has 0 amide bonds. The van der Waals surface area contributed by atoms with Crippen molar-refractivity contribution in [1.29, 1.82) is 0 Å². The number of benzene rings is 2. The van der Waals surface area contributed by atoms with E-state index >= 15 is 0 Å². The van der Waals surface area contributed by atoms with Crippen LogP contribution < -0.4 is 0 Å². The van der Waals surface area contributed by atoms with Crippen LogP contribution in [0.25, 0.3) is 18.2 Å². The van der Waals surface area contributed by atoms with Crippen LogP contribution in [-0.2, 0) is 4.79 Å². The van der Waals surface area contributed by atoms with Gasteiger partial charge in [-0.3, -0.25) is 4.79 Å². The van der Waals surface area contributed by atoms with Crippen LogP contribution in [0.15, 0.2) is 66.1 Å². The first-order chi connectivity index (χ1) is 13.8. The van der Waals surface area contributed by atoms with Crippen LogP contribution in [0.5, 0.6) is 0 Å². The molecule has 3 heteroatoms. The summed E-state index contributed by atoms with van der Waals surface area (Å²) in [6, 6.07) is 11.7. The largest absolute Gasteiger partial charge is 0.286 e. The highest BCUT2D eigenvalue weighted by molar-refractivity contribution is 6.66. The number of hydrogen-bond acceptors (Lipinski definition) is 3. The van der Waals surface area contributed by atoms with Gasteiger partial charge in [0.1, 0.15) is 0 Å². The lowest BCUT2D eigenvalue weighted by atomic mass is 9.97. The summed E-state index contributed by atoms with van der Waals surface area (Å²) in [5, 5.41) is 0. The van der Waals surface area contributed by atoms with Crippen molar-refractivity contribution < 1.29 is 4.79 Å².